The highest BCUT2D eigenvalue weighted by atomic mass is 79.9. The van der Waals surface area contributed by atoms with Crippen molar-refractivity contribution in [1.29, 1.82) is 0 Å². The Labute approximate surface area is 98.8 Å². The molecule has 0 aromatic heterocycles. The molecule has 0 saturated carbocycles. The average Bonchev–Trinajstić information content (AvgIpc) is 2.23. The highest BCUT2D eigenvalue weighted by Gasteiger charge is 2.37. The lowest BCUT2D eigenvalue weighted by molar-refractivity contribution is -0.0392. The number of benzene rings is 1. The van der Waals surface area contributed by atoms with Crippen LogP contribution >= 0.6 is 15.9 Å². The van der Waals surface area contributed by atoms with Crippen LogP contribution in [0, 0.1) is 5.92 Å². The van der Waals surface area contributed by atoms with Gasteiger partial charge < -0.3 is 10.4 Å². The fraction of sp³-hybridized carbons (Fsp3) is 0.500. The maximum absolute atomic E-state index is 10.6. The Hall–Kier alpha value is -0.380. The topological polar surface area (TPSA) is 32.3 Å². The van der Waals surface area contributed by atoms with Crippen molar-refractivity contribution in [2.75, 3.05) is 13.1 Å². The van der Waals surface area contributed by atoms with Crippen molar-refractivity contribution < 1.29 is 5.11 Å². The Bertz CT molecular complexity index is 338. The van der Waals surface area contributed by atoms with Crippen molar-refractivity contribution in [2.45, 2.75) is 18.9 Å². The maximum atomic E-state index is 10.6. The summed E-state index contributed by atoms with van der Waals surface area (Å²) in [6.07, 6.45) is 0.787. The van der Waals surface area contributed by atoms with Gasteiger partial charge in [-0.25, -0.2) is 0 Å². The van der Waals surface area contributed by atoms with Crippen molar-refractivity contribution in [3.63, 3.8) is 0 Å². The van der Waals surface area contributed by atoms with E-state index < -0.39 is 5.60 Å². The fourth-order valence-electron chi connectivity index (χ4n) is 2.18. The molecule has 1 aliphatic heterocycles. The number of hydrogen-bond acceptors (Lipinski definition) is 2. The van der Waals surface area contributed by atoms with E-state index in [9.17, 15) is 5.11 Å². The normalized spacial score (nSPS) is 31.5. The van der Waals surface area contributed by atoms with Gasteiger partial charge in [0.15, 0.2) is 0 Å². The summed E-state index contributed by atoms with van der Waals surface area (Å²) in [4.78, 5) is 0. The molecule has 2 rings (SSSR count). The minimum atomic E-state index is -0.661. The zero-order valence-electron chi connectivity index (χ0n) is 8.83. The quantitative estimate of drug-likeness (QED) is 0.820. The molecule has 2 atom stereocenters. The lowest BCUT2D eigenvalue weighted by atomic mass is 9.78. The standard InChI is InChI=1S/C12H16BrNO/c1-9-8-14-7-6-12(9,15)10-2-4-11(13)5-3-10/h2-5,9,14-15H,6-8H2,1H3. The SMILES string of the molecule is CC1CNCCC1(O)c1ccc(Br)cc1. The number of hydrogen-bond donors (Lipinski definition) is 2. The summed E-state index contributed by atoms with van der Waals surface area (Å²) in [7, 11) is 0. The largest absolute Gasteiger partial charge is 0.385 e. The van der Waals surface area contributed by atoms with Crippen LogP contribution in [-0.2, 0) is 5.60 Å². The van der Waals surface area contributed by atoms with Crippen LogP contribution in [0.15, 0.2) is 28.7 Å². The van der Waals surface area contributed by atoms with Gasteiger partial charge in [0.1, 0.15) is 0 Å². The molecule has 0 radical (unpaired) electrons. The van der Waals surface area contributed by atoms with Gasteiger partial charge in [0.05, 0.1) is 5.60 Å². The molecule has 1 fully saturated rings. The summed E-state index contributed by atoms with van der Waals surface area (Å²) in [5.74, 6) is 0.257. The van der Waals surface area contributed by atoms with Crippen LogP contribution in [0.4, 0.5) is 0 Å². The summed E-state index contributed by atoms with van der Waals surface area (Å²) in [5, 5.41) is 13.9. The fourth-order valence-corrected chi connectivity index (χ4v) is 2.44. The molecule has 1 saturated heterocycles. The molecule has 1 aromatic carbocycles. The van der Waals surface area contributed by atoms with Crippen LogP contribution in [0.1, 0.15) is 18.9 Å². The summed E-state index contributed by atoms with van der Waals surface area (Å²) < 4.78 is 1.05. The van der Waals surface area contributed by atoms with E-state index in [-0.39, 0.29) is 5.92 Å². The molecule has 0 spiro atoms. The van der Waals surface area contributed by atoms with Gasteiger partial charge in [-0.3, -0.25) is 0 Å². The van der Waals surface area contributed by atoms with Crippen molar-refractivity contribution in [3.8, 4) is 0 Å². The van der Waals surface area contributed by atoms with Crippen LogP contribution < -0.4 is 5.32 Å². The minimum Gasteiger partial charge on any atom is -0.385 e. The predicted molar refractivity (Wildman–Crippen MR) is 64.7 cm³/mol. The molecule has 1 heterocycles. The smallest absolute Gasteiger partial charge is 0.0946 e. The van der Waals surface area contributed by atoms with E-state index >= 15 is 0 Å². The Morgan fingerprint density at radius 2 is 2.07 bits per heavy atom. The summed E-state index contributed by atoms with van der Waals surface area (Å²) in [5.41, 5.74) is 0.367. The summed E-state index contributed by atoms with van der Waals surface area (Å²) in [6.45, 7) is 3.86. The molecule has 0 aliphatic carbocycles. The van der Waals surface area contributed by atoms with Crippen molar-refractivity contribution in [1.82, 2.24) is 5.32 Å². The van der Waals surface area contributed by atoms with Crippen molar-refractivity contribution in [2.24, 2.45) is 5.92 Å². The first-order valence-electron chi connectivity index (χ1n) is 5.32. The molecule has 3 heteroatoms. The van der Waals surface area contributed by atoms with E-state index in [2.05, 4.69) is 28.2 Å². The van der Waals surface area contributed by atoms with Gasteiger partial charge in [0.2, 0.25) is 0 Å². The second kappa shape index (κ2) is 4.24. The zero-order chi connectivity index (χ0) is 10.9. The Morgan fingerprint density at radius 3 is 2.67 bits per heavy atom. The van der Waals surface area contributed by atoms with Gasteiger partial charge in [0.25, 0.3) is 0 Å². The monoisotopic (exact) mass is 269 g/mol. The van der Waals surface area contributed by atoms with Crippen LogP contribution in [0.25, 0.3) is 0 Å². The zero-order valence-corrected chi connectivity index (χ0v) is 10.4. The average molecular weight is 270 g/mol. The second-order valence-electron chi connectivity index (χ2n) is 4.29. The lowest BCUT2D eigenvalue weighted by Gasteiger charge is -2.39. The second-order valence-corrected chi connectivity index (χ2v) is 5.20. The third-order valence-electron chi connectivity index (χ3n) is 3.29. The van der Waals surface area contributed by atoms with E-state index in [0.717, 1.165) is 29.5 Å². The third kappa shape index (κ3) is 2.10. The predicted octanol–water partition coefficient (Wildman–Crippen LogP) is 2.27. The van der Waals surface area contributed by atoms with E-state index in [4.69, 9.17) is 0 Å². The maximum Gasteiger partial charge on any atom is 0.0946 e. The third-order valence-corrected chi connectivity index (χ3v) is 3.82. The van der Waals surface area contributed by atoms with Crippen LogP contribution in [0.5, 0.6) is 0 Å². The van der Waals surface area contributed by atoms with Gasteiger partial charge in [-0.1, -0.05) is 35.0 Å². The van der Waals surface area contributed by atoms with Crippen molar-refractivity contribution >= 4 is 15.9 Å². The molecule has 0 amide bonds. The van der Waals surface area contributed by atoms with E-state index in [1.165, 1.54) is 0 Å². The first kappa shape index (κ1) is 11.1. The Kier molecular flexibility index (Phi) is 3.14. The van der Waals surface area contributed by atoms with Gasteiger partial charge >= 0.3 is 0 Å². The van der Waals surface area contributed by atoms with E-state index in [1.54, 1.807) is 0 Å². The van der Waals surface area contributed by atoms with Gasteiger partial charge in [-0.2, -0.15) is 0 Å². The Balaban J connectivity index is 2.30. The van der Waals surface area contributed by atoms with Crippen LogP contribution in [0.2, 0.25) is 0 Å². The van der Waals surface area contributed by atoms with Gasteiger partial charge in [0, 0.05) is 16.9 Å². The lowest BCUT2D eigenvalue weighted by Crippen LogP contribution is -2.46. The molecular formula is C12H16BrNO. The number of nitrogens with one attached hydrogen (secondary N) is 1. The number of aliphatic hydroxyl groups is 1. The minimum absolute atomic E-state index is 0.257. The molecular weight excluding hydrogens is 254 g/mol. The molecule has 2 unspecified atom stereocenters. The van der Waals surface area contributed by atoms with Gasteiger partial charge in [-0.05, 0) is 30.7 Å². The Morgan fingerprint density at radius 1 is 1.40 bits per heavy atom. The molecule has 1 aromatic rings. The molecule has 2 nitrogen and oxygen atoms in total. The molecule has 0 bridgehead atoms. The summed E-state index contributed by atoms with van der Waals surface area (Å²) in [6, 6.07) is 7.99. The van der Waals surface area contributed by atoms with Crippen LogP contribution in [0.3, 0.4) is 0 Å². The van der Waals surface area contributed by atoms with E-state index in [0.29, 0.717) is 0 Å². The molecule has 82 valence electrons. The number of rotatable bonds is 1. The number of piperidine rings is 1. The first-order valence-corrected chi connectivity index (χ1v) is 6.11. The van der Waals surface area contributed by atoms with Gasteiger partial charge in [-0.15, -0.1) is 0 Å². The molecule has 15 heavy (non-hydrogen) atoms. The van der Waals surface area contributed by atoms with E-state index in [1.807, 2.05) is 24.3 Å². The highest BCUT2D eigenvalue weighted by Crippen LogP contribution is 2.35. The summed E-state index contributed by atoms with van der Waals surface area (Å²) >= 11 is 3.41. The highest BCUT2D eigenvalue weighted by molar-refractivity contribution is 9.10. The van der Waals surface area contributed by atoms with Crippen LogP contribution in [-0.4, -0.2) is 18.2 Å². The first-order chi connectivity index (χ1) is 7.13. The molecule has 2 N–H and O–H groups in total. The molecule has 1 aliphatic rings. The number of halogens is 1. The van der Waals surface area contributed by atoms with Crippen molar-refractivity contribution in [3.05, 3.63) is 34.3 Å².